The van der Waals surface area contributed by atoms with Gasteiger partial charge in [-0.15, -0.1) is 5.10 Å². The molecule has 0 aliphatic rings. The van der Waals surface area contributed by atoms with Crippen molar-refractivity contribution in [1.82, 2.24) is 20.0 Å². The molecule has 0 bridgehead atoms. The summed E-state index contributed by atoms with van der Waals surface area (Å²) < 4.78 is 35.4. The van der Waals surface area contributed by atoms with E-state index in [2.05, 4.69) is 20.0 Å². The molecule has 2 aromatic carbocycles. The number of esters is 1. The predicted octanol–water partition coefficient (Wildman–Crippen LogP) is 3.72. The quantitative estimate of drug-likeness (QED) is 0.413. The molecule has 0 fully saturated rings. The lowest BCUT2D eigenvalue weighted by molar-refractivity contribution is -0.146. The van der Waals surface area contributed by atoms with Gasteiger partial charge in [0, 0.05) is 16.9 Å². The van der Waals surface area contributed by atoms with Gasteiger partial charge in [-0.2, -0.15) is 0 Å². The molecule has 4 aromatic rings. The van der Waals surface area contributed by atoms with Gasteiger partial charge in [0.15, 0.2) is 0 Å². The van der Waals surface area contributed by atoms with Crippen LogP contribution in [0.5, 0.6) is 0 Å². The third kappa shape index (κ3) is 4.27. The topological polar surface area (TPSA) is 116 Å². The number of nitrogens with one attached hydrogen (secondary N) is 1. The number of aromatic nitrogens is 4. The first-order chi connectivity index (χ1) is 15.6. The minimum absolute atomic E-state index is 0.0403. The van der Waals surface area contributed by atoms with E-state index in [9.17, 15) is 13.2 Å². The summed E-state index contributed by atoms with van der Waals surface area (Å²) in [5.74, 6) is -0.392. The Morgan fingerprint density at radius 3 is 2.55 bits per heavy atom. The number of benzene rings is 2. The van der Waals surface area contributed by atoms with Gasteiger partial charge in [0.25, 0.3) is 10.0 Å². The third-order valence-electron chi connectivity index (χ3n) is 5.22. The lowest BCUT2D eigenvalue weighted by atomic mass is 9.85. The van der Waals surface area contributed by atoms with Crippen LogP contribution >= 0.6 is 11.6 Å². The maximum absolute atomic E-state index is 13.3. The Labute approximate surface area is 195 Å². The van der Waals surface area contributed by atoms with Gasteiger partial charge < -0.3 is 4.74 Å². The summed E-state index contributed by atoms with van der Waals surface area (Å²) in [6, 6.07) is 14.3. The first kappa shape index (κ1) is 22.7. The van der Waals surface area contributed by atoms with Crippen LogP contribution in [0, 0.1) is 0 Å². The average molecular weight is 486 g/mol. The lowest BCUT2D eigenvalue weighted by Crippen LogP contribution is -2.30. The molecule has 0 radical (unpaired) electrons. The van der Waals surface area contributed by atoms with E-state index in [1.807, 2.05) is 0 Å². The molecule has 2 aromatic heterocycles. The molecule has 4 rings (SSSR count). The fraction of sp³-hybridized carbons (Fsp3) is 0.182. The van der Waals surface area contributed by atoms with Crippen LogP contribution in [0.25, 0.3) is 16.9 Å². The number of anilines is 1. The van der Waals surface area contributed by atoms with Crippen LogP contribution in [0.2, 0.25) is 5.02 Å². The van der Waals surface area contributed by atoms with Crippen molar-refractivity contribution in [1.29, 1.82) is 0 Å². The molecule has 0 saturated carbocycles. The standard InChI is InChI=1S/C22H20ClN5O4S/c1-22(2,21(29)32-3)14-6-9-16(10-7-14)26-33(30,31)19-11-8-15(23)13-18(19)28-17-5-4-12-24-20(17)25-27-28/h4-13,26H,1-3H3. The molecule has 0 aliphatic carbocycles. The number of nitrogens with zero attached hydrogens (tertiary/aromatic N) is 4. The molecule has 9 nitrogen and oxygen atoms in total. The van der Waals surface area contributed by atoms with Gasteiger partial charge in [0.1, 0.15) is 10.4 Å². The van der Waals surface area contributed by atoms with Crippen molar-refractivity contribution in [2.24, 2.45) is 0 Å². The van der Waals surface area contributed by atoms with Gasteiger partial charge in [-0.25, -0.2) is 18.1 Å². The maximum Gasteiger partial charge on any atom is 0.315 e. The van der Waals surface area contributed by atoms with Crippen LogP contribution in [-0.4, -0.2) is 41.5 Å². The zero-order valence-electron chi connectivity index (χ0n) is 18.0. The molecular weight excluding hydrogens is 466 g/mol. The van der Waals surface area contributed by atoms with E-state index in [0.717, 1.165) is 0 Å². The normalized spacial score (nSPS) is 12.0. The third-order valence-corrected chi connectivity index (χ3v) is 6.88. The zero-order valence-corrected chi connectivity index (χ0v) is 19.6. The van der Waals surface area contributed by atoms with Gasteiger partial charge in [-0.05, 0) is 61.9 Å². The van der Waals surface area contributed by atoms with Crippen molar-refractivity contribution in [2.45, 2.75) is 24.2 Å². The van der Waals surface area contributed by atoms with Crippen LogP contribution in [0.15, 0.2) is 65.7 Å². The van der Waals surface area contributed by atoms with E-state index < -0.39 is 21.4 Å². The zero-order chi connectivity index (χ0) is 23.8. The van der Waals surface area contributed by atoms with Crippen LogP contribution in [-0.2, 0) is 25.0 Å². The Hall–Kier alpha value is -3.50. The van der Waals surface area contributed by atoms with Crippen molar-refractivity contribution in [2.75, 3.05) is 11.8 Å². The van der Waals surface area contributed by atoms with E-state index in [1.165, 1.54) is 30.0 Å². The summed E-state index contributed by atoms with van der Waals surface area (Å²) >= 11 is 6.16. The van der Waals surface area contributed by atoms with Gasteiger partial charge in [-0.1, -0.05) is 28.9 Å². The maximum atomic E-state index is 13.3. The largest absolute Gasteiger partial charge is 0.468 e. The monoisotopic (exact) mass is 485 g/mol. The molecule has 33 heavy (non-hydrogen) atoms. The number of sulfonamides is 1. The number of pyridine rings is 1. The highest BCUT2D eigenvalue weighted by Gasteiger charge is 2.31. The number of carbonyl (C=O) groups is 1. The summed E-state index contributed by atoms with van der Waals surface area (Å²) in [7, 11) is -2.71. The molecule has 0 amide bonds. The van der Waals surface area contributed by atoms with E-state index in [1.54, 1.807) is 56.4 Å². The molecule has 11 heteroatoms. The van der Waals surface area contributed by atoms with E-state index in [0.29, 0.717) is 27.4 Å². The number of rotatable bonds is 6. The molecule has 0 unspecified atom stereocenters. The fourth-order valence-electron chi connectivity index (χ4n) is 3.37. The number of methoxy groups -OCH3 is 1. The molecule has 2 heterocycles. The SMILES string of the molecule is COC(=O)C(C)(C)c1ccc(NS(=O)(=O)c2ccc(Cl)cc2-n2nnc3ncccc32)cc1. The highest BCUT2D eigenvalue weighted by molar-refractivity contribution is 7.92. The molecule has 0 saturated heterocycles. The van der Waals surface area contributed by atoms with Crippen molar-refractivity contribution >= 4 is 44.4 Å². The minimum atomic E-state index is -4.03. The Kier molecular flexibility index (Phi) is 5.81. The predicted molar refractivity (Wildman–Crippen MR) is 124 cm³/mol. The van der Waals surface area contributed by atoms with Crippen molar-refractivity contribution in [3.05, 3.63) is 71.4 Å². The molecule has 0 atom stereocenters. The van der Waals surface area contributed by atoms with Gasteiger partial charge in [0.2, 0.25) is 5.65 Å². The van der Waals surface area contributed by atoms with Crippen LogP contribution in [0.1, 0.15) is 19.4 Å². The average Bonchev–Trinajstić information content (AvgIpc) is 3.22. The first-order valence-corrected chi connectivity index (χ1v) is 11.7. The molecule has 0 spiro atoms. The number of fused-ring (bicyclic) bond motifs is 1. The van der Waals surface area contributed by atoms with Gasteiger partial charge in [0.05, 0.1) is 18.2 Å². The van der Waals surface area contributed by atoms with Crippen molar-refractivity contribution in [3.8, 4) is 5.69 Å². The fourth-order valence-corrected chi connectivity index (χ4v) is 4.76. The van der Waals surface area contributed by atoms with Gasteiger partial charge in [-0.3, -0.25) is 9.52 Å². The lowest BCUT2D eigenvalue weighted by Gasteiger charge is -2.22. The van der Waals surface area contributed by atoms with Crippen LogP contribution in [0.4, 0.5) is 5.69 Å². The van der Waals surface area contributed by atoms with Crippen LogP contribution in [0.3, 0.4) is 0 Å². The Bertz CT molecular complexity index is 1450. The second-order valence-electron chi connectivity index (χ2n) is 7.76. The summed E-state index contributed by atoms with van der Waals surface area (Å²) in [4.78, 5) is 16.1. The summed E-state index contributed by atoms with van der Waals surface area (Å²) in [5, 5.41) is 8.39. The van der Waals surface area contributed by atoms with Crippen LogP contribution < -0.4 is 4.72 Å². The smallest absolute Gasteiger partial charge is 0.315 e. The van der Waals surface area contributed by atoms with Gasteiger partial charge >= 0.3 is 5.97 Å². The highest BCUT2D eigenvalue weighted by Crippen LogP contribution is 2.29. The molecule has 170 valence electrons. The number of hydrogen-bond acceptors (Lipinski definition) is 7. The number of halogens is 1. The Balaban J connectivity index is 1.71. The summed E-state index contributed by atoms with van der Waals surface area (Å²) in [6.45, 7) is 3.46. The second-order valence-corrected chi connectivity index (χ2v) is 9.85. The Morgan fingerprint density at radius 2 is 1.85 bits per heavy atom. The van der Waals surface area contributed by atoms with Crippen molar-refractivity contribution in [3.63, 3.8) is 0 Å². The minimum Gasteiger partial charge on any atom is -0.468 e. The molecule has 0 aliphatic heterocycles. The molecular formula is C22H20ClN5O4S. The first-order valence-electron chi connectivity index (χ1n) is 9.81. The summed E-state index contributed by atoms with van der Waals surface area (Å²) in [6.07, 6.45) is 1.57. The van der Waals surface area contributed by atoms with E-state index in [4.69, 9.17) is 16.3 Å². The number of hydrogen-bond donors (Lipinski definition) is 1. The van der Waals surface area contributed by atoms with E-state index >= 15 is 0 Å². The number of ether oxygens (including phenoxy) is 1. The Morgan fingerprint density at radius 1 is 1.12 bits per heavy atom. The highest BCUT2D eigenvalue weighted by atomic mass is 35.5. The second kappa shape index (κ2) is 8.45. The van der Waals surface area contributed by atoms with Crippen molar-refractivity contribution < 1.29 is 17.9 Å². The molecule has 1 N–H and O–H groups in total. The summed E-state index contributed by atoms with van der Waals surface area (Å²) in [5.41, 5.74) is 1.27. The van der Waals surface area contributed by atoms with E-state index in [-0.39, 0.29) is 10.6 Å². The number of carbonyl (C=O) groups excluding carboxylic acids is 1.